The molecular weight excluding hydrogens is 345 g/mol. The highest BCUT2D eigenvalue weighted by Crippen LogP contribution is 2.39. The molecule has 0 N–H and O–H groups in total. The van der Waals surface area contributed by atoms with Crippen LogP contribution in [0.15, 0.2) is 17.7 Å². The van der Waals surface area contributed by atoms with E-state index >= 15 is 0 Å². The van der Waals surface area contributed by atoms with Crippen molar-refractivity contribution in [3.8, 4) is 0 Å². The number of thioether (sulfide) groups is 1. The van der Waals surface area contributed by atoms with Gasteiger partial charge in [-0.25, -0.2) is 4.98 Å². The van der Waals surface area contributed by atoms with Gasteiger partial charge in [-0.3, -0.25) is 4.79 Å². The molecule has 1 aliphatic rings. The molecule has 2 rings (SSSR count). The zero-order valence-corrected chi connectivity index (χ0v) is 16.5. The summed E-state index contributed by atoms with van der Waals surface area (Å²) < 4.78 is 12.3. The molecule has 24 heavy (non-hydrogen) atoms. The van der Waals surface area contributed by atoms with Crippen molar-refractivity contribution >= 4 is 41.7 Å². The summed E-state index contributed by atoms with van der Waals surface area (Å²) >= 11 is 7.17. The van der Waals surface area contributed by atoms with Gasteiger partial charge in [0.15, 0.2) is 5.12 Å². The molecule has 4 nitrogen and oxygen atoms in total. The van der Waals surface area contributed by atoms with Crippen molar-refractivity contribution in [2.75, 3.05) is 5.75 Å². The van der Waals surface area contributed by atoms with Gasteiger partial charge >= 0.3 is 7.12 Å². The molecule has 1 aliphatic heterocycles. The lowest BCUT2D eigenvalue weighted by atomic mass is 9.78. The minimum absolute atomic E-state index is 0.0587. The Hall–Kier alpha value is -0.815. The summed E-state index contributed by atoms with van der Waals surface area (Å²) in [6.45, 7) is 11.6. The topological polar surface area (TPSA) is 48.4 Å². The van der Waals surface area contributed by atoms with Crippen molar-refractivity contribution in [3.05, 3.63) is 34.0 Å². The van der Waals surface area contributed by atoms with Gasteiger partial charge in [-0.2, -0.15) is 0 Å². The predicted octanol–water partition coefficient (Wildman–Crippen LogP) is 4.34. The Kier molecular flexibility index (Phi) is 5.85. The SMILES string of the molecule is CC(=O)SCC(=Cc1cnc(Cl)cc1C)B1OC(C)(C)C(C)(C)O1. The molecule has 1 aromatic rings. The van der Waals surface area contributed by atoms with E-state index in [2.05, 4.69) is 4.98 Å². The van der Waals surface area contributed by atoms with Crippen LogP contribution in [0.3, 0.4) is 0 Å². The Balaban J connectivity index is 2.35. The average molecular weight is 368 g/mol. The highest BCUT2D eigenvalue weighted by molar-refractivity contribution is 8.13. The zero-order chi connectivity index (χ0) is 18.1. The molecule has 0 unspecified atom stereocenters. The van der Waals surface area contributed by atoms with Gasteiger partial charge in [-0.15, -0.1) is 0 Å². The molecule has 130 valence electrons. The lowest BCUT2D eigenvalue weighted by Crippen LogP contribution is -2.41. The summed E-state index contributed by atoms with van der Waals surface area (Å²) in [6.07, 6.45) is 3.71. The summed E-state index contributed by atoms with van der Waals surface area (Å²) in [6, 6.07) is 1.81. The maximum atomic E-state index is 11.4. The average Bonchev–Trinajstić information content (AvgIpc) is 2.65. The number of hydrogen-bond acceptors (Lipinski definition) is 5. The van der Waals surface area contributed by atoms with E-state index in [0.29, 0.717) is 10.9 Å². The lowest BCUT2D eigenvalue weighted by Gasteiger charge is -2.32. The normalized spacial score (nSPS) is 19.6. The van der Waals surface area contributed by atoms with Crippen LogP contribution in [-0.4, -0.2) is 34.2 Å². The van der Waals surface area contributed by atoms with E-state index in [1.165, 1.54) is 11.8 Å². The van der Waals surface area contributed by atoms with Gasteiger partial charge < -0.3 is 9.31 Å². The second kappa shape index (κ2) is 7.20. The Labute approximate surface area is 153 Å². The number of halogens is 1. The molecule has 0 bridgehead atoms. The molecule has 0 spiro atoms. The van der Waals surface area contributed by atoms with E-state index in [1.54, 1.807) is 13.1 Å². The van der Waals surface area contributed by atoms with Gasteiger partial charge in [0.25, 0.3) is 0 Å². The minimum Gasteiger partial charge on any atom is -0.400 e. The monoisotopic (exact) mass is 367 g/mol. The molecule has 1 saturated heterocycles. The highest BCUT2D eigenvalue weighted by Gasteiger charge is 2.52. The minimum atomic E-state index is -0.489. The van der Waals surface area contributed by atoms with Gasteiger partial charge in [0.1, 0.15) is 5.15 Å². The number of aryl methyl sites for hydroxylation is 1. The fraction of sp³-hybridized carbons (Fsp3) is 0.529. The zero-order valence-electron chi connectivity index (χ0n) is 15.0. The predicted molar refractivity (Wildman–Crippen MR) is 101 cm³/mol. The van der Waals surface area contributed by atoms with E-state index in [1.807, 2.05) is 46.8 Å². The lowest BCUT2D eigenvalue weighted by molar-refractivity contribution is -0.109. The van der Waals surface area contributed by atoms with Crippen LogP contribution < -0.4 is 0 Å². The number of pyridine rings is 1. The molecule has 0 atom stereocenters. The molecule has 1 fully saturated rings. The van der Waals surface area contributed by atoms with Gasteiger partial charge in [0.05, 0.1) is 11.2 Å². The Morgan fingerprint density at radius 1 is 1.33 bits per heavy atom. The quantitative estimate of drug-likeness (QED) is 0.585. The maximum Gasteiger partial charge on any atom is 0.491 e. The summed E-state index contributed by atoms with van der Waals surface area (Å²) in [7, 11) is -0.489. The fourth-order valence-electron chi connectivity index (χ4n) is 2.24. The largest absolute Gasteiger partial charge is 0.491 e. The van der Waals surface area contributed by atoms with Crippen LogP contribution in [0.4, 0.5) is 0 Å². The number of carbonyl (C=O) groups excluding carboxylic acids is 1. The number of aromatic nitrogens is 1. The summed E-state index contributed by atoms with van der Waals surface area (Å²) in [5.41, 5.74) is 2.00. The van der Waals surface area contributed by atoms with Crippen LogP contribution in [0.1, 0.15) is 45.7 Å². The van der Waals surface area contributed by atoms with E-state index in [0.717, 1.165) is 16.6 Å². The molecule has 0 radical (unpaired) electrons. The molecule has 2 heterocycles. The van der Waals surface area contributed by atoms with Crippen molar-refractivity contribution in [1.29, 1.82) is 0 Å². The van der Waals surface area contributed by atoms with Gasteiger partial charge in [-0.1, -0.05) is 29.4 Å². The van der Waals surface area contributed by atoms with Crippen LogP contribution in [0, 0.1) is 6.92 Å². The number of rotatable bonds is 4. The molecule has 7 heteroatoms. The first-order chi connectivity index (χ1) is 11.0. The second-order valence-corrected chi connectivity index (χ2v) is 8.49. The van der Waals surface area contributed by atoms with Crippen molar-refractivity contribution in [2.45, 2.75) is 52.7 Å². The number of nitrogens with zero attached hydrogens (tertiary/aromatic N) is 1. The van der Waals surface area contributed by atoms with E-state index in [-0.39, 0.29) is 5.12 Å². The van der Waals surface area contributed by atoms with Crippen molar-refractivity contribution < 1.29 is 14.1 Å². The molecule has 1 aromatic heterocycles. The maximum absolute atomic E-state index is 11.4. The van der Waals surface area contributed by atoms with Crippen LogP contribution in [0.25, 0.3) is 6.08 Å². The van der Waals surface area contributed by atoms with Crippen LogP contribution in [-0.2, 0) is 14.1 Å². The smallest absolute Gasteiger partial charge is 0.400 e. The molecule has 0 aliphatic carbocycles. The van der Waals surface area contributed by atoms with Crippen LogP contribution in [0.5, 0.6) is 0 Å². The first-order valence-corrected chi connectivity index (χ1v) is 9.20. The molecule has 0 saturated carbocycles. The third kappa shape index (κ3) is 4.42. The van der Waals surface area contributed by atoms with Gasteiger partial charge in [-0.05, 0) is 57.3 Å². The molecule has 0 amide bonds. The van der Waals surface area contributed by atoms with Crippen molar-refractivity contribution in [1.82, 2.24) is 4.98 Å². The molecular formula is C17H23BClNO3S. The highest BCUT2D eigenvalue weighted by atomic mass is 35.5. The number of carbonyl (C=O) groups is 1. The van der Waals surface area contributed by atoms with Gasteiger partial charge in [0.2, 0.25) is 0 Å². The van der Waals surface area contributed by atoms with Crippen molar-refractivity contribution in [3.63, 3.8) is 0 Å². The first kappa shape index (κ1) is 19.5. The Bertz CT molecular complexity index is 660. The molecule has 0 aromatic carbocycles. The second-order valence-electron chi connectivity index (χ2n) is 6.95. The third-order valence-corrected chi connectivity index (χ3v) is 5.55. The summed E-state index contributed by atoms with van der Waals surface area (Å²) in [5, 5.41) is 0.517. The van der Waals surface area contributed by atoms with E-state index in [9.17, 15) is 4.79 Å². The van der Waals surface area contributed by atoms with Crippen LogP contribution in [0.2, 0.25) is 5.15 Å². The third-order valence-electron chi connectivity index (χ3n) is 4.46. The van der Waals surface area contributed by atoms with E-state index in [4.69, 9.17) is 20.9 Å². The Morgan fingerprint density at radius 2 is 1.92 bits per heavy atom. The van der Waals surface area contributed by atoms with Gasteiger partial charge in [0, 0.05) is 18.9 Å². The van der Waals surface area contributed by atoms with Crippen molar-refractivity contribution in [2.24, 2.45) is 0 Å². The summed E-state index contributed by atoms with van der Waals surface area (Å²) in [4.78, 5) is 15.5. The van der Waals surface area contributed by atoms with E-state index < -0.39 is 18.3 Å². The Morgan fingerprint density at radius 3 is 2.42 bits per heavy atom. The number of hydrogen-bond donors (Lipinski definition) is 0. The standard InChI is InChI=1S/C17H23BClNO3S/c1-11-7-15(19)20-9-13(11)8-14(10-24-12(2)21)18-22-16(3,4)17(5,6)23-18/h7-9H,10H2,1-6H3. The summed E-state index contributed by atoms with van der Waals surface area (Å²) in [5.74, 6) is 0.508. The first-order valence-electron chi connectivity index (χ1n) is 7.83. The fourth-order valence-corrected chi connectivity index (χ4v) is 3.04. The van der Waals surface area contributed by atoms with Crippen LogP contribution >= 0.6 is 23.4 Å².